The van der Waals surface area contributed by atoms with Gasteiger partial charge < -0.3 is 10.1 Å². The SMILES string of the molecule is COc1cc2c(N3CCNCC3)[n+](C)cnc2cc1-c1ccccc1F. The summed E-state index contributed by atoms with van der Waals surface area (Å²) in [5.74, 6) is 1.48. The standard InChI is InChI=1S/C20H22FN4O/c1-24-13-23-18-11-15(14-5-3-4-6-17(14)21)19(26-2)12-16(18)20(24)25-9-7-22-8-10-25/h3-6,11-13,22H,7-10H2,1-2H3/q+1. The summed E-state index contributed by atoms with van der Waals surface area (Å²) in [5, 5.41) is 4.39. The normalized spacial score (nSPS) is 14.7. The molecule has 2 heterocycles. The van der Waals surface area contributed by atoms with Crippen molar-refractivity contribution in [3.05, 3.63) is 48.5 Å². The number of rotatable bonds is 3. The molecular formula is C20H22FN4O+. The van der Waals surface area contributed by atoms with Gasteiger partial charge in [0.05, 0.1) is 32.6 Å². The number of benzene rings is 2. The Morgan fingerprint density at radius 2 is 1.92 bits per heavy atom. The van der Waals surface area contributed by atoms with Crippen molar-refractivity contribution in [2.24, 2.45) is 7.05 Å². The molecule has 134 valence electrons. The summed E-state index contributed by atoms with van der Waals surface area (Å²) in [4.78, 5) is 6.92. The van der Waals surface area contributed by atoms with E-state index in [4.69, 9.17) is 4.74 Å². The van der Waals surface area contributed by atoms with Gasteiger partial charge in [0.1, 0.15) is 11.6 Å². The third-order valence-electron chi connectivity index (χ3n) is 4.84. The van der Waals surface area contributed by atoms with Crippen LogP contribution < -0.4 is 19.5 Å². The minimum Gasteiger partial charge on any atom is -0.496 e. The van der Waals surface area contributed by atoms with Crippen LogP contribution in [0.3, 0.4) is 0 Å². The number of hydrogen-bond acceptors (Lipinski definition) is 4. The predicted octanol–water partition coefficient (Wildman–Crippen LogP) is 2.28. The topological polar surface area (TPSA) is 41.3 Å². The number of aromatic nitrogens is 2. The van der Waals surface area contributed by atoms with E-state index in [-0.39, 0.29) is 5.82 Å². The molecule has 1 aliphatic heterocycles. The quantitative estimate of drug-likeness (QED) is 0.734. The van der Waals surface area contributed by atoms with Crippen molar-refractivity contribution in [3.63, 3.8) is 0 Å². The summed E-state index contributed by atoms with van der Waals surface area (Å²) in [5.41, 5.74) is 2.06. The second kappa shape index (κ2) is 6.88. The molecule has 2 aromatic carbocycles. The molecule has 3 aromatic rings. The van der Waals surface area contributed by atoms with Crippen molar-refractivity contribution in [1.82, 2.24) is 10.3 Å². The molecular weight excluding hydrogens is 331 g/mol. The van der Waals surface area contributed by atoms with Gasteiger partial charge in [-0.1, -0.05) is 18.2 Å². The number of aryl methyl sites for hydroxylation is 1. The molecule has 1 aliphatic rings. The largest absolute Gasteiger partial charge is 0.496 e. The maximum atomic E-state index is 14.3. The molecule has 1 saturated heterocycles. The molecule has 0 unspecified atom stereocenters. The van der Waals surface area contributed by atoms with Gasteiger partial charge in [-0.2, -0.15) is 0 Å². The minimum atomic E-state index is -0.269. The summed E-state index contributed by atoms with van der Waals surface area (Å²) in [7, 11) is 3.62. The highest BCUT2D eigenvalue weighted by Gasteiger charge is 2.24. The lowest BCUT2D eigenvalue weighted by atomic mass is 10.0. The van der Waals surface area contributed by atoms with E-state index in [1.54, 1.807) is 19.2 Å². The smallest absolute Gasteiger partial charge is 0.234 e. The number of nitrogens with one attached hydrogen (secondary N) is 1. The molecule has 26 heavy (non-hydrogen) atoms. The third-order valence-corrected chi connectivity index (χ3v) is 4.84. The first-order valence-electron chi connectivity index (χ1n) is 8.76. The Balaban J connectivity index is 1.93. The van der Waals surface area contributed by atoms with Crippen LogP contribution in [0.15, 0.2) is 42.7 Å². The van der Waals surface area contributed by atoms with Crippen LogP contribution in [0.2, 0.25) is 0 Å². The van der Waals surface area contributed by atoms with E-state index in [9.17, 15) is 4.39 Å². The number of anilines is 1. The highest BCUT2D eigenvalue weighted by molar-refractivity contribution is 5.94. The van der Waals surface area contributed by atoms with Crippen LogP contribution in [-0.4, -0.2) is 38.3 Å². The van der Waals surface area contributed by atoms with E-state index in [0.717, 1.165) is 42.9 Å². The first-order chi connectivity index (χ1) is 12.7. The lowest BCUT2D eigenvalue weighted by Gasteiger charge is -2.26. The van der Waals surface area contributed by atoms with Gasteiger partial charge in [-0.25, -0.2) is 8.96 Å². The van der Waals surface area contributed by atoms with Crippen LogP contribution in [0.1, 0.15) is 0 Å². The molecule has 0 amide bonds. The van der Waals surface area contributed by atoms with E-state index in [1.165, 1.54) is 6.07 Å². The fourth-order valence-corrected chi connectivity index (χ4v) is 3.58. The van der Waals surface area contributed by atoms with Gasteiger partial charge in [-0.05, 0) is 18.2 Å². The van der Waals surface area contributed by atoms with Gasteiger partial charge in [0, 0.05) is 24.2 Å². The zero-order chi connectivity index (χ0) is 18.1. The zero-order valence-electron chi connectivity index (χ0n) is 15.0. The Morgan fingerprint density at radius 1 is 1.15 bits per heavy atom. The van der Waals surface area contributed by atoms with Crippen LogP contribution in [0.4, 0.5) is 10.2 Å². The summed E-state index contributed by atoms with van der Waals surface area (Å²) < 4.78 is 22.0. The number of ether oxygens (including phenoxy) is 1. The second-order valence-corrected chi connectivity index (χ2v) is 6.47. The molecule has 0 radical (unpaired) electrons. The average molecular weight is 353 g/mol. The molecule has 0 bridgehead atoms. The lowest BCUT2D eigenvalue weighted by molar-refractivity contribution is -0.660. The second-order valence-electron chi connectivity index (χ2n) is 6.47. The number of fused-ring (bicyclic) bond motifs is 1. The van der Waals surface area contributed by atoms with E-state index < -0.39 is 0 Å². The van der Waals surface area contributed by atoms with Crippen molar-refractivity contribution >= 4 is 16.7 Å². The number of halogens is 1. The first-order valence-corrected chi connectivity index (χ1v) is 8.76. The molecule has 1 aromatic heterocycles. The van der Waals surface area contributed by atoms with Crippen molar-refractivity contribution in [1.29, 1.82) is 0 Å². The fourth-order valence-electron chi connectivity index (χ4n) is 3.58. The Kier molecular flexibility index (Phi) is 4.42. The first kappa shape index (κ1) is 16.7. The highest BCUT2D eigenvalue weighted by Crippen LogP contribution is 2.36. The molecule has 6 heteroatoms. The Bertz CT molecular complexity index is 954. The molecule has 0 saturated carbocycles. The van der Waals surface area contributed by atoms with Crippen molar-refractivity contribution in [2.45, 2.75) is 0 Å². The monoisotopic (exact) mass is 353 g/mol. The van der Waals surface area contributed by atoms with E-state index in [2.05, 4.69) is 15.2 Å². The Morgan fingerprint density at radius 3 is 2.65 bits per heavy atom. The van der Waals surface area contributed by atoms with E-state index in [1.807, 2.05) is 36.1 Å². The maximum Gasteiger partial charge on any atom is 0.234 e. The minimum absolute atomic E-state index is 0.269. The Labute approximate surface area is 152 Å². The molecule has 0 aliphatic carbocycles. The van der Waals surface area contributed by atoms with Gasteiger partial charge in [0.25, 0.3) is 0 Å². The van der Waals surface area contributed by atoms with Gasteiger partial charge in [0.15, 0.2) is 5.52 Å². The third kappa shape index (κ3) is 2.86. The summed E-state index contributed by atoms with van der Waals surface area (Å²) in [6, 6.07) is 10.6. The predicted molar refractivity (Wildman–Crippen MR) is 99.9 cm³/mol. The summed E-state index contributed by atoms with van der Waals surface area (Å²) in [6.45, 7) is 3.77. The Hall–Kier alpha value is -2.73. The van der Waals surface area contributed by atoms with Gasteiger partial charge in [-0.3, -0.25) is 4.90 Å². The highest BCUT2D eigenvalue weighted by atomic mass is 19.1. The van der Waals surface area contributed by atoms with Crippen LogP contribution >= 0.6 is 0 Å². The van der Waals surface area contributed by atoms with Crippen LogP contribution in [0.5, 0.6) is 5.75 Å². The van der Waals surface area contributed by atoms with E-state index in [0.29, 0.717) is 16.9 Å². The summed E-state index contributed by atoms with van der Waals surface area (Å²) >= 11 is 0. The fraction of sp³-hybridized carbons (Fsp3) is 0.300. The maximum absolute atomic E-state index is 14.3. The lowest BCUT2D eigenvalue weighted by Crippen LogP contribution is -2.49. The zero-order valence-corrected chi connectivity index (χ0v) is 15.0. The number of piperazine rings is 1. The van der Waals surface area contributed by atoms with Gasteiger partial charge >= 0.3 is 0 Å². The number of methoxy groups -OCH3 is 1. The van der Waals surface area contributed by atoms with Crippen molar-refractivity contribution < 1.29 is 13.7 Å². The van der Waals surface area contributed by atoms with Crippen LogP contribution in [0.25, 0.3) is 22.0 Å². The van der Waals surface area contributed by atoms with Gasteiger partial charge in [-0.15, -0.1) is 4.98 Å². The number of nitrogens with zero attached hydrogens (tertiary/aromatic N) is 3. The summed E-state index contributed by atoms with van der Waals surface area (Å²) in [6.07, 6.45) is 1.82. The molecule has 0 spiro atoms. The van der Waals surface area contributed by atoms with Gasteiger partial charge in [0.2, 0.25) is 12.1 Å². The number of hydrogen-bond donors (Lipinski definition) is 1. The molecule has 4 rings (SSSR count). The van der Waals surface area contributed by atoms with Crippen molar-refractivity contribution in [2.75, 3.05) is 38.2 Å². The molecule has 1 fully saturated rings. The van der Waals surface area contributed by atoms with E-state index >= 15 is 0 Å². The van der Waals surface area contributed by atoms with Crippen LogP contribution in [-0.2, 0) is 7.05 Å². The van der Waals surface area contributed by atoms with Crippen LogP contribution in [0, 0.1) is 5.82 Å². The molecule has 1 N–H and O–H groups in total. The molecule has 0 atom stereocenters. The average Bonchev–Trinajstić information content (AvgIpc) is 2.68. The van der Waals surface area contributed by atoms with Crippen molar-refractivity contribution in [3.8, 4) is 16.9 Å². The molecule has 5 nitrogen and oxygen atoms in total.